The van der Waals surface area contributed by atoms with Crippen LogP contribution in [0, 0.1) is 6.92 Å². The molecule has 22 heavy (non-hydrogen) atoms. The standard InChI is InChI=1S/C16H14Cl2N2O2/c1-10-5-2-3-6-11(10)16(22)19-9-14(21)20-15-12(17)7-4-8-13(15)18/h2-8H,9H2,1H3,(H,19,22)(H,20,21). The van der Waals surface area contributed by atoms with Crippen LogP contribution in [0.4, 0.5) is 5.69 Å². The molecular formula is C16H14Cl2N2O2. The third kappa shape index (κ3) is 4.00. The van der Waals surface area contributed by atoms with Crippen LogP contribution in [0.2, 0.25) is 10.0 Å². The zero-order valence-corrected chi connectivity index (χ0v) is 13.3. The van der Waals surface area contributed by atoms with Gasteiger partial charge in [0.2, 0.25) is 5.91 Å². The number of para-hydroxylation sites is 1. The van der Waals surface area contributed by atoms with Crippen molar-refractivity contribution in [2.24, 2.45) is 0 Å². The van der Waals surface area contributed by atoms with Crippen LogP contribution >= 0.6 is 23.2 Å². The summed E-state index contributed by atoms with van der Waals surface area (Å²) < 4.78 is 0. The van der Waals surface area contributed by atoms with Crippen molar-refractivity contribution in [1.29, 1.82) is 0 Å². The molecule has 6 heteroatoms. The minimum atomic E-state index is -0.406. The van der Waals surface area contributed by atoms with Crippen LogP contribution in [0.25, 0.3) is 0 Å². The van der Waals surface area contributed by atoms with Gasteiger partial charge in [-0.3, -0.25) is 9.59 Å². The largest absolute Gasteiger partial charge is 0.343 e. The fourth-order valence-corrected chi connectivity index (χ4v) is 2.38. The summed E-state index contributed by atoms with van der Waals surface area (Å²) in [7, 11) is 0. The summed E-state index contributed by atoms with van der Waals surface area (Å²) in [4.78, 5) is 23.9. The number of hydrogen-bond donors (Lipinski definition) is 2. The number of anilines is 1. The van der Waals surface area contributed by atoms with Gasteiger partial charge in [-0.2, -0.15) is 0 Å². The van der Waals surface area contributed by atoms with E-state index >= 15 is 0 Å². The van der Waals surface area contributed by atoms with Crippen LogP contribution in [0.5, 0.6) is 0 Å². The molecule has 0 aromatic heterocycles. The van der Waals surface area contributed by atoms with Gasteiger partial charge in [0.05, 0.1) is 22.3 Å². The zero-order valence-electron chi connectivity index (χ0n) is 11.8. The third-order valence-corrected chi connectivity index (χ3v) is 3.66. The van der Waals surface area contributed by atoms with Crippen molar-refractivity contribution in [2.75, 3.05) is 11.9 Å². The maximum Gasteiger partial charge on any atom is 0.251 e. The number of amides is 2. The monoisotopic (exact) mass is 336 g/mol. The van der Waals surface area contributed by atoms with Crippen molar-refractivity contribution in [3.63, 3.8) is 0 Å². The molecule has 0 aliphatic rings. The Morgan fingerprint density at radius 3 is 2.27 bits per heavy atom. The average molecular weight is 337 g/mol. The summed E-state index contributed by atoms with van der Waals surface area (Å²) >= 11 is 11.9. The molecule has 2 N–H and O–H groups in total. The minimum Gasteiger partial charge on any atom is -0.343 e. The molecule has 0 radical (unpaired) electrons. The van der Waals surface area contributed by atoms with Crippen molar-refractivity contribution in [3.8, 4) is 0 Å². The Morgan fingerprint density at radius 2 is 1.64 bits per heavy atom. The lowest BCUT2D eigenvalue weighted by Gasteiger charge is -2.10. The lowest BCUT2D eigenvalue weighted by molar-refractivity contribution is -0.115. The molecule has 0 unspecified atom stereocenters. The molecule has 0 aliphatic carbocycles. The van der Waals surface area contributed by atoms with E-state index in [9.17, 15) is 9.59 Å². The molecule has 0 heterocycles. The Hall–Kier alpha value is -2.04. The summed E-state index contributed by atoms with van der Waals surface area (Å²) in [6.45, 7) is 1.66. The summed E-state index contributed by atoms with van der Waals surface area (Å²) in [5.74, 6) is -0.713. The van der Waals surface area contributed by atoms with Crippen LogP contribution < -0.4 is 10.6 Å². The highest BCUT2D eigenvalue weighted by Gasteiger charge is 2.12. The van der Waals surface area contributed by atoms with E-state index in [2.05, 4.69) is 10.6 Å². The number of carbonyl (C=O) groups excluding carboxylic acids is 2. The maximum atomic E-state index is 12.0. The molecule has 2 aromatic carbocycles. The molecule has 114 valence electrons. The van der Waals surface area contributed by atoms with E-state index in [4.69, 9.17) is 23.2 Å². The topological polar surface area (TPSA) is 58.2 Å². The Labute approximate surface area is 138 Å². The number of rotatable bonds is 4. The number of hydrogen-bond acceptors (Lipinski definition) is 2. The summed E-state index contributed by atoms with van der Waals surface area (Å²) in [6.07, 6.45) is 0. The molecule has 0 spiro atoms. The van der Waals surface area contributed by atoms with Crippen molar-refractivity contribution < 1.29 is 9.59 Å². The first-order chi connectivity index (χ1) is 10.5. The highest BCUT2D eigenvalue weighted by atomic mass is 35.5. The molecule has 0 saturated carbocycles. The summed E-state index contributed by atoms with van der Waals surface area (Å²) in [6, 6.07) is 12.1. The van der Waals surface area contributed by atoms with Gasteiger partial charge in [0.25, 0.3) is 5.91 Å². The van der Waals surface area contributed by atoms with E-state index in [1.807, 2.05) is 19.1 Å². The fourth-order valence-electron chi connectivity index (χ4n) is 1.88. The van der Waals surface area contributed by atoms with Gasteiger partial charge in [0, 0.05) is 5.56 Å². The lowest BCUT2D eigenvalue weighted by atomic mass is 10.1. The van der Waals surface area contributed by atoms with Crippen LogP contribution in [-0.4, -0.2) is 18.4 Å². The van der Waals surface area contributed by atoms with Crippen LogP contribution in [0.3, 0.4) is 0 Å². The Bertz CT molecular complexity index is 697. The highest BCUT2D eigenvalue weighted by molar-refractivity contribution is 6.39. The smallest absolute Gasteiger partial charge is 0.251 e. The molecule has 0 fully saturated rings. The van der Waals surface area contributed by atoms with Crippen LogP contribution in [0.1, 0.15) is 15.9 Å². The number of aryl methyl sites for hydroxylation is 1. The third-order valence-electron chi connectivity index (χ3n) is 3.03. The molecule has 2 rings (SSSR count). The number of carbonyl (C=O) groups is 2. The fraction of sp³-hybridized carbons (Fsp3) is 0.125. The van der Waals surface area contributed by atoms with Crippen molar-refractivity contribution in [1.82, 2.24) is 5.32 Å². The second-order valence-corrected chi connectivity index (χ2v) is 5.46. The van der Waals surface area contributed by atoms with Gasteiger partial charge in [0.1, 0.15) is 0 Å². The van der Waals surface area contributed by atoms with Gasteiger partial charge in [-0.1, -0.05) is 47.5 Å². The van der Waals surface area contributed by atoms with Crippen molar-refractivity contribution in [2.45, 2.75) is 6.92 Å². The SMILES string of the molecule is Cc1ccccc1C(=O)NCC(=O)Nc1c(Cl)cccc1Cl. The number of halogens is 2. The maximum absolute atomic E-state index is 12.0. The quantitative estimate of drug-likeness (QED) is 0.894. The zero-order chi connectivity index (χ0) is 16.1. The van der Waals surface area contributed by atoms with Gasteiger partial charge in [-0.05, 0) is 30.7 Å². The number of nitrogens with one attached hydrogen (secondary N) is 2. The normalized spacial score (nSPS) is 10.1. The highest BCUT2D eigenvalue weighted by Crippen LogP contribution is 2.29. The second-order valence-electron chi connectivity index (χ2n) is 4.64. The van der Waals surface area contributed by atoms with Crippen LogP contribution in [0.15, 0.2) is 42.5 Å². The van der Waals surface area contributed by atoms with E-state index in [-0.39, 0.29) is 12.5 Å². The second kappa shape index (κ2) is 7.29. The van der Waals surface area contributed by atoms with Crippen molar-refractivity contribution in [3.05, 3.63) is 63.6 Å². The van der Waals surface area contributed by atoms with Crippen molar-refractivity contribution >= 4 is 40.7 Å². The van der Waals surface area contributed by atoms with Gasteiger partial charge in [-0.15, -0.1) is 0 Å². The average Bonchev–Trinajstić information content (AvgIpc) is 2.49. The summed E-state index contributed by atoms with van der Waals surface area (Å²) in [5, 5.41) is 5.82. The predicted octanol–water partition coefficient (Wildman–Crippen LogP) is 3.67. The van der Waals surface area contributed by atoms with Gasteiger partial charge in [-0.25, -0.2) is 0 Å². The first-order valence-electron chi connectivity index (χ1n) is 6.56. The molecule has 4 nitrogen and oxygen atoms in total. The van der Waals surface area contributed by atoms with E-state index in [1.54, 1.807) is 30.3 Å². The Balaban J connectivity index is 1.96. The molecule has 0 atom stereocenters. The van der Waals surface area contributed by atoms with Gasteiger partial charge >= 0.3 is 0 Å². The number of benzene rings is 2. The predicted molar refractivity (Wildman–Crippen MR) is 88.6 cm³/mol. The van der Waals surface area contributed by atoms with E-state index < -0.39 is 5.91 Å². The summed E-state index contributed by atoms with van der Waals surface area (Å²) in [5.41, 5.74) is 1.71. The van der Waals surface area contributed by atoms with Crippen LogP contribution in [-0.2, 0) is 4.79 Å². The van der Waals surface area contributed by atoms with E-state index in [1.165, 1.54) is 0 Å². The molecule has 2 amide bonds. The molecule has 2 aromatic rings. The van der Waals surface area contributed by atoms with E-state index in [0.717, 1.165) is 5.56 Å². The van der Waals surface area contributed by atoms with Gasteiger partial charge in [0.15, 0.2) is 0 Å². The lowest BCUT2D eigenvalue weighted by Crippen LogP contribution is -2.33. The van der Waals surface area contributed by atoms with E-state index in [0.29, 0.717) is 21.3 Å². The first-order valence-corrected chi connectivity index (χ1v) is 7.32. The Morgan fingerprint density at radius 1 is 1.00 bits per heavy atom. The molecule has 0 aliphatic heterocycles. The molecule has 0 bridgehead atoms. The molecule has 0 saturated heterocycles. The van der Waals surface area contributed by atoms with Gasteiger partial charge < -0.3 is 10.6 Å². The Kier molecular flexibility index (Phi) is 5.41. The molecular weight excluding hydrogens is 323 g/mol. The minimum absolute atomic E-state index is 0.172. The first kappa shape index (κ1) is 16.3.